The Morgan fingerprint density at radius 1 is 1.00 bits per heavy atom. The number of hydrogen-bond acceptors (Lipinski definition) is 3. The summed E-state index contributed by atoms with van der Waals surface area (Å²) in [6.07, 6.45) is 0. The molecule has 4 N–H and O–H groups in total. The molecule has 0 amide bonds. The van der Waals surface area contributed by atoms with E-state index in [-0.39, 0.29) is 42.1 Å². The van der Waals surface area contributed by atoms with Gasteiger partial charge in [0.1, 0.15) is 0 Å². The van der Waals surface area contributed by atoms with E-state index in [2.05, 4.69) is 0 Å². The Hall–Kier alpha value is -0.770. The summed E-state index contributed by atoms with van der Waals surface area (Å²) in [5.41, 5.74) is -0.380. The molecule has 17 heavy (non-hydrogen) atoms. The van der Waals surface area contributed by atoms with Gasteiger partial charge in [0, 0.05) is 0 Å². The maximum atomic E-state index is 10.5. The second-order valence-electron chi connectivity index (χ2n) is 2.39. The van der Waals surface area contributed by atoms with E-state index in [1.54, 1.807) is 0 Å². The minimum absolute atomic E-state index is 0. The van der Waals surface area contributed by atoms with Gasteiger partial charge in [-0.15, -0.1) is 0 Å². The van der Waals surface area contributed by atoms with Gasteiger partial charge in [-0.05, 0) is 12.1 Å². The van der Waals surface area contributed by atoms with E-state index in [1.165, 1.54) is 24.3 Å². The van der Waals surface area contributed by atoms with Crippen LogP contribution in [0.15, 0.2) is 24.3 Å². The van der Waals surface area contributed by atoms with Crippen LogP contribution in [0.5, 0.6) is 0 Å². The van der Waals surface area contributed by atoms with Crippen LogP contribution in [0.2, 0.25) is 0 Å². The summed E-state index contributed by atoms with van der Waals surface area (Å²) in [7, 11) is 0. The fourth-order valence-corrected chi connectivity index (χ4v) is 0.856. The predicted octanol–water partition coefficient (Wildman–Crippen LogP) is -2.12. The Morgan fingerprint density at radius 3 is 1.41 bits per heavy atom. The van der Waals surface area contributed by atoms with Crippen LogP contribution in [-0.2, 0) is 11.4 Å². The molecule has 1 aromatic rings. The van der Waals surface area contributed by atoms with Crippen LogP contribution >= 0.6 is 0 Å². The largest absolute Gasteiger partial charge is 1.00 e. The molecule has 0 spiro atoms. The number of benzene rings is 1. The average Bonchev–Trinajstić information content (AvgIpc) is 2.16. The molecule has 0 aliphatic rings. The molecule has 0 fully saturated rings. The van der Waals surface area contributed by atoms with Crippen LogP contribution in [0.25, 0.3) is 0 Å². The molecule has 7 nitrogen and oxygen atoms in total. The predicted molar refractivity (Wildman–Crippen MR) is 54.9 cm³/mol. The minimum atomic E-state index is -2.61. The Morgan fingerprint density at radius 2 is 1.24 bits per heavy atom. The van der Waals surface area contributed by atoms with Crippen molar-refractivity contribution in [1.82, 2.24) is 0 Å². The van der Waals surface area contributed by atoms with Gasteiger partial charge < -0.3 is 11.6 Å². The van der Waals surface area contributed by atoms with Gasteiger partial charge in [0.2, 0.25) is 0 Å². The third-order valence-electron chi connectivity index (χ3n) is 1.39. The van der Waals surface area contributed by atoms with Crippen molar-refractivity contribution in [2.45, 2.75) is 0 Å². The van der Waals surface area contributed by atoms with Crippen molar-refractivity contribution in [3.8, 4) is 0 Å². The van der Waals surface area contributed by atoms with E-state index >= 15 is 0 Å². The molecule has 0 saturated heterocycles. The van der Waals surface area contributed by atoms with Crippen LogP contribution in [0.1, 0.15) is 22.1 Å². The second kappa shape index (κ2) is 9.28. The molecule has 9 heteroatoms. The molecule has 0 atom stereocenters. The maximum absolute atomic E-state index is 10.5. The molecule has 0 saturated carbocycles. The quantitative estimate of drug-likeness (QED) is 0.357. The van der Waals surface area contributed by atoms with Crippen LogP contribution in [0.3, 0.4) is 0 Å². The number of hydrogen-bond donors (Lipinski definition) is 4. The Kier molecular flexibility index (Phi) is 10.1. The zero-order chi connectivity index (χ0) is 12.7. The molecule has 0 bridgehead atoms. The van der Waals surface area contributed by atoms with E-state index in [9.17, 15) is 9.59 Å². The summed E-state index contributed by atoms with van der Waals surface area (Å²) in [5, 5.41) is 17.1. The summed E-state index contributed by atoms with van der Waals surface area (Å²) in [6.45, 7) is 0. The zero-order valence-corrected chi connectivity index (χ0v) is 11.5. The molecular weight excluding hydrogens is 263 g/mol. The maximum Gasteiger partial charge on any atom is 1.00 e. The van der Waals surface area contributed by atoms with Crippen LogP contribution in [0.4, 0.5) is 0 Å². The van der Waals surface area contributed by atoms with Gasteiger partial charge >= 0.3 is 41.5 Å². The molecule has 0 radical (unpaired) electrons. The van der Waals surface area contributed by atoms with E-state index < -0.39 is 23.3 Å². The number of carboxylic acids is 2. The van der Waals surface area contributed by atoms with Crippen molar-refractivity contribution in [2.24, 2.45) is 0 Å². The summed E-state index contributed by atoms with van der Waals surface area (Å²) in [6, 6.07) is 5.48. The molecule has 0 aliphatic carbocycles. The smallest absolute Gasteiger partial charge is 1.00 e. The first-order valence-electron chi connectivity index (χ1n) is 3.71. The topological polar surface area (TPSA) is 132 Å². The fraction of sp³-hybridized carbons (Fsp3) is 0. The molecule has 90 valence electrons. The molecule has 1 aromatic carbocycles. The summed E-state index contributed by atoms with van der Waals surface area (Å²) >= 11 is -2.61. The first-order valence-corrected chi connectivity index (χ1v) is 4.78. The van der Waals surface area contributed by atoms with Gasteiger partial charge in [-0.2, -0.15) is 4.21 Å². The van der Waals surface area contributed by atoms with Crippen molar-refractivity contribution >= 4 is 23.3 Å². The Bertz CT molecular complexity index is 389. The minimum Gasteiger partial charge on any atom is -1.00 e. The summed E-state index contributed by atoms with van der Waals surface area (Å²) in [4.78, 5) is 20.9. The van der Waals surface area contributed by atoms with E-state index in [1.807, 2.05) is 0 Å². The van der Waals surface area contributed by atoms with Crippen molar-refractivity contribution in [1.29, 1.82) is 0 Å². The molecule has 0 aromatic heterocycles. The van der Waals surface area contributed by atoms with Gasteiger partial charge in [0.25, 0.3) is 11.4 Å². The molecule has 0 unspecified atom stereocenters. The average molecular weight is 272 g/mol. The van der Waals surface area contributed by atoms with Crippen molar-refractivity contribution in [3.63, 3.8) is 0 Å². The van der Waals surface area contributed by atoms with E-state index in [0.717, 1.165) is 0 Å². The Balaban J connectivity index is -0.000000332. The van der Waals surface area contributed by atoms with Gasteiger partial charge in [-0.25, -0.2) is 9.59 Å². The van der Waals surface area contributed by atoms with Gasteiger partial charge in [0.05, 0.1) is 11.1 Å². The SMILES string of the molecule is O=C(O)c1ccccc1C(=O)O.O=S(O)O.[H-].[Na+]. The molecule has 0 heterocycles. The molecular formula is C8H9NaO7S. The molecule has 0 aliphatic heterocycles. The third-order valence-corrected chi connectivity index (χ3v) is 1.39. The zero-order valence-electron chi connectivity index (χ0n) is 9.73. The summed E-state index contributed by atoms with van der Waals surface area (Å²) in [5.74, 6) is -2.46. The first kappa shape index (κ1) is 18.6. The molecule has 1 rings (SSSR count). The number of aromatic carboxylic acids is 2. The standard InChI is InChI=1S/C8H6O4.Na.H2O3S.H/c9-7(10)5-3-1-2-4-6(5)8(11)12;;1-4(2)3;/h1-4H,(H,9,10)(H,11,12);;(H2,1,2,3);/q;+1;;-1. The summed E-state index contributed by atoms with van der Waals surface area (Å²) < 4.78 is 22.8. The number of carbonyl (C=O) groups is 2. The van der Waals surface area contributed by atoms with Crippen LogP contribution in [-0.4, -0.2) is 35.5 Å². The van der Waals surface area contributed by atoms with Crippen LogP contribution < -0.4 is 29.6 Å². The number of carboxylic acid groups (broad SMARTS) is 2. The van der Waals surface area contributed by atoms with E-state index in [0.29, 0.717) is 0 Å². The number of rotatable bonds is 2. The third kappa shape index (κ3) is 8.02. The Labute approximate surface area is 122 Å². The monoisotopic (exact) mass is 272 g/mol. The normalized spacial score (nSPS) is 8.65. The fourth-order valence-electron chi connectivity index (χ4n) is 0.856. The van der Waals surface area contributed by atoms with Gasteiger partial charge in [-0.3, -0.25) is 9.11 Å². The van der Waals surface area contributed by atoms with E-state index in [4.69, 9.17) is 23.5 Å². The first-order chi connectivity index (χ1) is 7.36. The van der Waals surface area contributed by atoms with Crippen molar-refractivity contribution < 1.29 is 64.1 Å². The van der Waals surface area contributed by atoms with Gasteiger partial charge in [-0.1, -0.05) is 12.1 Å². The van der Waals surface area contributed by atoms with Gasteiger partial charge in [0.15, 0.2) is 0 Å². The van der Waals surface area contributed by atoms with Crippen molar-refractivity contribution in [2.75, 3.05) is 0 Å². The van der Waals surface area contributed by atoms with Crippen LogP contribution in [0, 0.1) is 0 Å². The second-order valence-corrected chi connectivity index (χ2v) is 2.85. The van der Waals surface area contributed by atoms with Crippen molar-refractivity contribution in [3.05, 3.63) is 35.4 Å².